The van der Waals surface area contributed by atoms with E-state index in [1.807, 2.05) is 43.3 Å². The summed E-state index contributed by atoms with van der Waals surface area (Å²) in [4.78, 5) is 41.8. The number of hydrogen-bond acceptors (Lipinski definition) is 5. The molecule has 0 spiro atoms. The number of ether oxygens (including phenoxy) is 1. The summed E-state index contributed by atoms with van der Waals surface area (Å²) >= 11 is 0. The molecule has 0 bridgehead atoms. The van der Waals surface area contributed by atoms with Crippen molar-refractivity contribution in [1.29, 1.82) is 0 Å². The Kier molecular flexibility index (Phi) is 6.08. The second kappa shape index (κ2) is 8.40. The van der Waals surface area contributed by atoms with Gasteiger partial charge in [-0.1, -0.05) is 30.3 Å². The third-order valence-electron chi connectivity index (χ3n) is 4.82. The van der Waals surface area contributed by atoms with Gasteiger partial charge >= 0.3 is 5.97 Å². The van der Waals surface area contributed by atoms with Crippen LogP contribution in [0.2, 0.25) is 0 Å². The highest BCUT2D eigenvalue weighted by atomic mass is 16.6. The van der Waals surface area contributed by atoms with Gasteiger partial charge in [0.05, 0.1) is 0 Å². The van der Waals surface area contributed by atoms with Crippen LogP contribution in [-0.4, -0.2) is 66.8 Å². The van der Waals surface area contributed by atoms with Crippen LogP contribution >= 0.6 is 0 Å². The number of esters is 1. The van der Waals surface area contributed by atoms with E-state index in [1.165, 1.54) is 4.90 Å². The molecule has 1 aliphatic rings. The standard InChI is InChI=1S/C24H28N2O4/c1-24(2,3)30-21(27)15-26(13-12-25(4)5)23(29)16-10-11-18-17-8-6-7-9-19(17)22(28)20(18)14-16/h6-11,14H,12-13,15H2,1-5H3. The molecular weight excluding hydrogens is 380 g/mol. The summed E-state index contributed by atoms with van der Waals surface area (Å²) in [5.41, 5.74) is 2.65. The highest BCUT2D eigenvalue weighted by Gasteiger charge is 2.29. The summed E-state index contributed by atoms with van der Waals surface area (Å²) in [5.74, 6) is -0.837. The lowest BCUT2D eigenvalue weighted by molar-refractivity contribution is -0.155. The van der Waals surface area contributed by atoms with Crippen molar-refractivity contribution >= 4 is 17.7 Å². The largest absolute Gasteiger partial charge is 0.459 e. The fraction of sp³-hybridized carbons (Fsp3) is 0.375. The molecule has 0 N–H and O–H groups in total. The van der Waals surface area contributed by atoms with E-state index in [9.17, 15) is 14.4 Å². The summed E-state index contributed by atoms with van der Waals surface area (Å²) < 4.78 is 5.39. The molecule has 0 unspecified atom stereocenters. The van der Waals surface area contributed by atoms with Gasteiger partial charge in [0.25, 0.3) is 5.91 Å². The van der Waals surface area contributed by atoms with E-state index in [-0.39, 0.29) is 18.2 Å². The second-order valence-corrected chi connectivity index (χ2v) is 8.75. The number of hydrogen-bond donors (Lipinski definition) is 0. The van der Waals surface area contributed by atoms with E-state index in [2.05, 4.69) is 0 Å². The van der Waals surface area contributed by atoms with Crippen molar-refractivity contribution in [3.05, 3.63) is 59.2 Å². The predicted octanol–water partition coefficient (Wildman–Crippen LogP) is 3.24. The molecule has 0 heterocycles. The van der Waals surface area contributed by atoms with Crippen molar-refractivity contribution in [1.82, 2.24) is 9.80 Å². The zero-order chi connectivity index (χ0) is 22.1. The number of ketones is 1. The van der Waals surface area contributed by atoms with Gasteiger partial charge in [0.15, 0.2) is 5.78 Å². The molecule has 2 aromatic carbocycles. The van der Waals surface area contributed by atoms with E-state index in [1.54, 1.807) is 39.0 Å². The lowest BCUT2D eigenvalue weighted by atomic mass is 10.0. The van der Waals surface area contributed by atoms with Crippen LogP contribution in [0.25, 0.3) is 11.1 Å². The zero-order valence-electron chi connectivity index (χ0n) is 18.2. The molecule has 0 atom stereocenters. The van der Waals surface area contributed by atoms with E-state index >= 15 is 0 Å². The number of carbonyl (C=O) groups is 3. The van der Waals surface area contributed by atoms with Crippen LogP contribution in [0.3, 0.4) is 0 Å². The fourth-order valence-electron chi connectivity index (χ4n) is 3.45. The Morgan fingerprint density at radius 3 is 2.17 bits per heavy atom. The predicted molar refractivity (Wildman–Crippen MR) is 116 cm³/mol. The highest BCUT2D eigenvalue weighted by molar-refractivity contribution is 6.22. The summed E-state index contributed by atoms with van der Waals surface area (Å²) in [6.45, 7) is 6.21. The summed E-state index contributed by atoms with van der Waals surface area (Å²) in [7, 11) is 3.81. The van der Waals surface area contributed by atoms with Crippen LogP contribution in [0.15, 0.2) is 42.5 Å². The van der Waals surface area contributed by atoms with Crippen molar-refractivity contribution in [3.63, 3.8) is 0 Å². The normalized spacial score (nSPS) is 12.5. The van der Waals surface area contributed by atoms with Gasteiger partial charge < -0.3 is 14.5 Å². The first-order chi connectivity index (χ1) is 14.1. The van der Waals surface area contributed by atoms with Gasteiger partial charge in [-0.15, -0.1) is 0 Å². The topological polar surface area (TPSA) is 66.9 Å². The van der Waals surface area contributed by atoms with Crippen LogP contribution in [-0.2, 0) is 9.53 Å². The minimum absolute atomic E-state index is 0.0813. The van der Waals surface area contributed by atoms with Crippen molar-refractivity contribution in [3.8, 4) is 11.1 Å². The molecule has 6 heteroatoms. The molecule has 1 aliphatic carbocycles. The first kappa shape index (κ1) is 21.7. The minimum atomic E-state index is -0.626. The van der Waals surface area contributed by atoms with Crippen LogP contribution in [0, 0.1) is 0 Å². The first-order valence-corrected chi connectivity index (χ1v) is 10.0. The number of fused-ring (bicyclic) bond motifs is 3. The van der Waals surface area contributed by atoms with Gasteiger partial charge in [0.2, 0.25) is 0 Å². The first-order valence-electron chi connectivity index (χ1n) is 10.0. The quantitative estimate of drug-likeness (QED) is 0.586. The van der Waals surface area contributed by atoms with Crippen LogP contribution in [0.4, 0.5) is 0 Å². The summed E-state index contributed by atoms with van der Waals surface area (Å²) in [6, 6.07) is 12.6. The lowest BCUT2D eigenvalue weighted by Gasteiger charge is -2.26. The maximum Gasteiger partial charge on any atom is 0.326 e. The number of nitrogens with zero attached hydrogens (tertiary/aromatic N) is 2. The minimum Gasteiger partial charge on any atom is -0.459 e. The van der Waals surface area contributed by atoms with E-state index in [0.717, 1.165) is 11.1 Å². The Morgan fingerprint density at radius 2 is 1.53 bits per heavy atom. The maximum atomic E-state index is 13.2. The molecular formula is C24H28N2O4. The molecule has 0 radical (unpaired) electrons. The highest BCUT2D eigenvalue weighted by Crippen LogP contribution is 2.36. The molecule has 2 aromatic rings. The molecule has 6 nitrogen and oxygen atoms in total. The van der Waals surface area contributed by atoms with Crippen molar-refractivity contribution in [2.24, 2.45) is 0 Å². The SMILES string of the molecule is CN(C)CCN(CC(=O)OC(C)(C)C)C(=O)c1ccc2c(c1)C(=O)c1ccccc1-2. The molecule has 0 saturated heterocycles. The lowest BCUT2D eigenvalue weighted by Crippen LogP contribution is -2.42. The zero-order valence-corrected chi connectivity index (χ0v) is 18.2. The Bertz CT molecular complexity index is 989. The van der Waals surface area contributed by atoms with Crippen LogP contribution in [0.1, 0.15) is 47.1 Å². The average Bonchev–Trinajstić information content (AvgIpc) is 2.95. The second-order valence-electron chi connectivity index (χ2n) is 8.75. The Balaban J connectivity index is 1.86. The number of likely N-dealkylation sites (N-methyl/N-ethyl adjacent to an activating group) is 1. The molecule has 3 rings (SSSR count). The van der Waals surface area contributed by atoms with Crippen molar-refractivity contribution in [2.45, 2.75) is 26.4 Å². The smallest absolute Gasteiger partial charge is 0.326 e. The number of amides is 1. The molecule has 0 fully saturated rings. The van der Waals surface area contributed by atoms with E-state index in [0.29, 0.717) is 29.8 Å². The molecule has 1 amide bonds. The molecule has 158 valence electrons. The van der Waals surface area contributed by atoms with Gasteiger partial charge in [-0.2, -0.15) is 0 Å². The van der Waals surface area contributed by atoms with Gasteiger partial charge in [0, 0.05) is 29.8 Å². The number of benzene rings is 2. The fourth-order valence-corrected chi connectivity index (χ4v) is 3.45. The van der Waals surface area contributed by atoms with Gasteiger partial charge in [-0.25, -0.2) is 0 Å². The Hall–Kier alpha value is -2.99. The van der Waals surface area contributed by atoms with Gasteiger partial charge in [0.1, 0.15) is 12.1 Å². The van der Waals surface area contributed by atoms with Gasteiger partial charge in [-0.05, 0) is 58.1 Å². The van der Waals surface area contributed by atoms with E-state index < -0.39 is 11.6 Å². The third-order valence-corrected chi connectivity index (χ3v) is 4.82. The number of rotatable bonds is 6. The monoisotopic (exact) mass is 408 g/mol. The van der Waals surface area contributed by atoms with Crippen molar-refractivity contribution in [2.75, 3.05) is 33.7 Å². The average molecular weight is 408 g/mol. The summed E-state index contributed by atoms with van der Waals surface area (Å²) in [5, 5.41) is 0. The molecule has 0 saturated carbocycles. The molecule has 0 aliphatic heterocycles. The van der Waals surface area contributed by atoms with Crippen molar-refractivity contribution < 1.29 is 19.1 Å². The molecule has 0 aromatic heterocycles. The maximum absolute atomic E-state index is 13.2. The summed E-state index contributed by atoms with van der Waals surface area (Å²) in [6.07, 6.45) is 0. The van der Waals surface area contributed by atoms with E-state index in [4.69, 9.17) is 4.74 Å². The third kappa shape index (κ3) is 4.76. The van der Waals surface area contributed by atoms with Crippen LogP contribution < -0.4 is 0 Å². The van der Waals surface area contributed by atoms with Gasteiger partial charge in [-0.3, -0.25) is 14.4 Å². The Labute approximate surface area is 177 Å². The number of carbonyl (C=O) groups excluding carboxylic acids is 3. The Morgan fingerprint density at radius 1 is 0.900 bits per heavy atom. The van der Waals surface area contributed by atoms with Crippen LogP contribution in [0.5, 0.6) is 0 Å². The molecule has 30 heavy (non-hydrogen) atoms.